The molecule has 6 heteroatoms. The topological polar surface area (TPSA) is 58.6 Å². The highest BCUT2D eigenvalue weighted by Gasteiger charge is 2.24. The van der Waals surface area contributed by atoms with E-state index in [-0.39, 0.29) is 11.7 Å². The molecule has 1 heterocycles. The summed E-state index contributed by atoms with van der Waals surface area (Å²) < 4.78 is 5.60. The van der Waals surface area contributed by atoms with Crippen LogP contribution in [0.4, 0.5) is 5.69 Å². The van der Waals surface area contributed by atoms with Crippen molar-refractivity contribution in [1.29, 1.82) is 0 Å². The van der Waals surface area contributed by atoms with Crippen LogP contribution in [-0.4, -0.2) is 18.1 Å². The van der Waals surface area contributed by atoms with Gasteiger partial charge in [0.25, 0.3) is 5.91 Å². The molecule has 1 aliphatic heterocycles. The molecule has 0 atom stereocenters. The highest BCUT2D eigenvalue weighted by atomic mass is 79.9. The van der Waals surface area contributed by atoms with Gasteiger partial charge in [0.15, 0.2) is 11.5 Å². The molecule has 2 aromatic carbocycles. The SMILES string of the molecule is COc1cc(/C=C2\C(=O)Nc3ccc(Cl)cc32)cc(Br)c1O. The second kappa shape index (κ2) is 5.66. The van der Waals surface area contributed by atoms with Gasteiger partial charge in [-0.1, -0.05) is 11.6 Å². The Bertz CT molecular complexity index is 817. The van der Waals surface area contributed by atoms with Gasteiger partial charge in [-0.25, -0.2) is 0 Å². The van der Waals surface area contributed by atoms with E-state index in [1.165, 1.54) is 7.11 Å². The van der Waals surface area contributed by atoms with Crippen LogP contribution in [0.25, 0.3) is 11.6 Å². The predicted octanol–water partition coefficient (Wildman–Crippen LogP) is 4.31. The number of fused-ring (bicyclic) bond motifs is 1. The first-order chi connectivity index (χ1) is 10.5. The number of anilines is 1. The average Bonchev–Trinajstić information content (AvgIpc) is 2.78. The molecule has 0 saturated carbocycles. The number of benzene rings is 2. The molecule has 0 radical (unpaired) electrons. The van der Waals surface area contributed by atoms with Crippen molar-refractivity contribution in [2.45, 2.75) is 0 Å². The molecule has 2 N–H and O–H groups in total. The Hall–Kier alpha value is -1.98. The van der Waals surface area contributed by atoms with Gasteiger partial charge in [-0.3, -0.25) is 4.79 Å². The maximum Gasteiger partial charge on any atom is 0.256 e. The lowest BCUT2D eigenvalue weighted by Gasteiger charge is -2.07. The molecule has 0 aromatic heterocycles. The number of rotatable bonds is 2. The zero-order chi connectivity index (χ0) is 15.9. The number of methoxy groups -OCH3 is 1. The number of carbonyl (C=O) groups excluding carboxylic acids is 1. The van der Waals surface area contributed by atoms with Gasteiger partial charge < -0.3 is 15.2 Å². The van der Waals surface area contributed by atoms with Crippen LogP contribution in [0, 0.1) is 0 Å². The zero-order valence-electron chi connectivity index (χ0n) is 11.5. The van der Waals surface area contributed by atoms with E-state index in [0.717, 1.165) is 16.8 Å². The summed E-state index contributed by atoms with van der Waals surface area (Å²) in [7, 11) is 1.47. The smallest absolute Gasteiger partial charge is 0.256 e. The van der Waals surface area contributed by atoms with Crippen LogP contribution in [0.2, 0.25) is 5.02 Å². The Labute approximate surface area is 140 Å². The number of aromatic hydroxyl groups is 1. The lowest BCUT2D eigenvalue weighted by atomic mass is 10.0. The summed E-state index contributed by atoms with van der Waals surface area (Å²) >= 11 is 9.27. The summed E-state index contributed by atoms with van der Waals surface area (Å²) in [5.74, 6) is 0.148. The number of nitrogens with one attached hydrogen (secondary N) is 1. The van der Waals surface area contributed by atoms with E-state index in [2.05, 4.69) is 21.2 Å². The van der Waals surface area contributed by atoms with Crippen molar-refractivity contribution < 1.29 is 14.6 Å². The van der Waals surface area contributed by atoms with Gasteiger partial charge in [0.1, 0.15) is 0 Å². The lowest BCUT2D eigenvalue weighted by Crippen LogP contribution is -2.03. The summed E-state index contributed by atoms with van der Waals surface area (Å²) in [6.45, 7) is 0. The van der Waals surface area contributed by atoms with Crippen molar-refractivity contribution in [3.63, 3.8) is 0 Å². The fraction of sp³-hybridized carbons (Fsp3) is 0.0625. The number of amides is 1. The standard InChI is InChI=1S/C16H11BrClNO3/c1-22-14-6-8(5-12(17)15(14)20)4-11-10-7-9(18)2-3-13(10)19-16(11)21/h2-7,20H,1H3,(H,19,21)/b11-4-. The van der Waals surface area contributed by atoms with Gasteiger partial charge in [-0.2, -0.15) is 0 Å². The Kier molecular flexibility index (Phi) is 3.85. The number of hydrogen-bond donors (Lipinski definition) is 2. The third kappa shape index (κ3) is 2.58. The molecule has 3 rings (SSSR count). The maximum atomic E-state index is 12.1. The Morgan fingerprint density at radius 2 is 2.09 bits per heavy atom. The maximum absolute atomic E-state index is 12.1. The first-order valence-electron chi connectivity index (χ1n) is 6.39. The van der Waals surface area contributed by atoms with E-state index < -0.39 is 0 Å². The highest BCUT2D eigenvalue weighted by Crippen LogP contribution is 2.38. The molecular weight excluding hydrogens is 370 g/mol. The molecule has 112 valence electrons. The van der Waals surface area contributed by atoms with Crippen molar-refractivity contribution in [2.24, 2.45) is 0 Å². The molecule has 22 heavy (non-hydrogen) atoms. The fourth-order valence-corrected chi connectivity index (χ4v) is 2.93. The van der Waals surface area contributed by atoms with Crippen molar-refractivity contribution in [1.82, 2.24) is 0 Å². The first-order valence-corrected chi connectivity index (χ1v) is 7.56. The molecule has 0 aliphatic carbocycles. The molecule has 0 fully saturated rings. The Balaban J connectivity index is 2.12. The Morgan fingerprint density at radius 3 is 2.82 bits per heavy atom. The number of ether oxygens (including phenoxy) is 1. The van der Waals surface area contributed by atoms with Crippen molar-refractivity contribution in [2.75, 3.05) is 12.4 Å². The second-order valence-electron chi connectivity index (χ2n) is 4.76. The zero-order valence-corrected chi connectivity index (χ0v) is 13.8. The van der Waals surface area contributed by atoms with Crippen molar-refractivity contribution in [3.05, 3.63) is 51.0 Å². The van der Waals surface area contributed by atoms with E-state index in [1.54, 1.807) is 36.4 Å². The fourth-order valence-electron chi connectivity index (χ4n) is 2.30. The summed E-state index contributed by atoms with van der Waals surface area (Å²) in [6, 6.07) is 8.60. The first kappa shape index (κ1) is 14.9. The van der Waals surface area contributed by atoms with Gasteiger partial charge in [-0.15, -0.1) is 0 Å². The lowest BCUT2D eigenvalue weighted by molar-refractivity contribution is -0.110. The monoisotopic (exact) mass is 379 g/mol. The number of phenolic OH excluding ortho intramolecular Hbond substituents is 1. The minimum Gasteiger partial charge on any atom is -0.503 e. The third-order valence-electron chi connectivity index (χ3n) is 3.35. The molecule has 0 saturated heterocycles. The minimum atomic E-state index is -0.194. The van der Waals surface area contributed by atoms with E-state index in [9.17, 15) is 9.90 Å². The molecule has 0 unspecified atom stereocenters. The van der Waals surface area contributed by atoms with Crippen LogP contribution in [0.1, 0.15) is 11.1 Å². The summed E-state index contributed by atoms with van der Waals surface area (Å²) in [5, 5.41) is 13.2. The van der Waals surface area contributed by atoms with Crippen molar-refractivity contribution in [3.8, 4) is 11.5 Å². The van der Waals surface area contributed by atoms with Gasteiger partial charge in [0.2, 0.25) is 0 Å². The molecule has 1 aliphatic rings. The van der Waals surface area contributed by atoms with Gasteiger partial charge in [-0.05, 0) is 57.9 Å². The highest BCUT2D eigenvalue weighted by molar-refractivity contribution is 9.10. The molecule has 1 amide bonds. The predicted molar refractivity (Wildman–Crippen MR) is 90.3 cm³/mol. The average molecular weight is 381 g/mol. The summed E-state index contributed by atoms with van der Waals surface area (Å²) in [4.78, 5) is 12.1. The number of phenols is 1. The van der Waals surface area contributed by atoms with Crippen LogP contribution in [-0.2, 0) is 4.79 Å². The molecule has 2 aromatic rings. The largest absolute Gasteiger partial charge is 0.503 e. The van der Waals surface area contributed by atoms with E-state index in [4.69, 9.17) is 16.3 Å². The minimum absolute atomic E-state index is 0.0176. The number of halogens is 2. The normalized spacial score (nSPS) is 14.9. The van der Waals surface area contributed by atoms with Crippen LogP contribution in [0.3, 0.4) is 0 Å². The third-order valence-corrected chi connectivity index (χ3v) is 4.19. The quantitative estimate of drug-likeness (QED) is 0.763. The van der Waals surface area contributed by atoms with Gasteiger partial charge in [0.05, 0.1) is 11.6 Å². The summed E-state index contributed by atoms with van der Waals surface area (Å²) in [5.41, 5.74) is 2.71. The van der Waals surface area contributed by atoms with E-state index >= 15 is 0 Å². The summed E-state index contributed by atoms with van der Waals surface area (Å²) in [6.07, 6.45) is 1.73. The van der Waals surface area contributed by atoms with Crippen LogP contribution < -0.4 is 10.1 Å². The van der Waals surface area contributed by atoms with Crippen LogP contribution in [0.5, 0.6) is 11.5 Å². The molecular formula is C16H11BrClNO3. The number of carbonyl (C=O) groups is 1. The molecule has 4 nitrogen and oxygen atoms in total. The van der Waals surface area contributed by atoms with Crippen LogP contribution >= 0.6 is 27.5 Å². The Morgan fingerprint density at radius 1 is 1.32 bits per heavy atom. The molecule has 0 spiro atoms. The number of hydrogen-bond acceptors (Lipinski definition) is 3. The van der Waals surface area contributed by atoms with Crippen molar-refractivity contribution >= 4 is 50.8 Å². The van der Waals surface area contributed by atoms with Crippen LogP contribution in [0.15, 0.2) is 34.8 Å². The molecule has 0 bridgehead atoms. The van der Waals surface area contributed by atoms with E-state index in [1.807, 2.05) is 0 Å². The van der Waals surface area contributed by atoms with Gasteiger partial charge >= 0.3 is 0 Å². The van der Waals surface area contributed by atoms with E-state index in [0.29, 0.717) is 20.8 Å². The second-order valence-corrected chi connectivity index (χ2v) is 6.05. The van der Waals surface area contributed by atoms with Gasteiger partial charge in [0, 0.05) is 21.8 Å².